The van der Waals surface area contributed by atoms with Crippen LogP contribution in [0.3, 0.4) is 0 Å². The first kappa shape index (κ1) is 19.1. The van der Waals surface area contributed by atoms with Gasteiger partial charge in [0.05, 0.1) is 0 Å². The normalized spacial score (nSPS) is 10.2. The summed E-state index contributed by atoms with van der Waals surface area (Å²) in [5.41, 5.74) is 1.86. The fraction of sp³-hybridized carbons (Fsp3) is 0.200. The predicted octanol–water partition coefficient (Wildman–Crippen LogP) is 3.47. The fourth-order valence-electron chi connectivity index (χ4n) is 2.52. The van der Waals surface area contributed by atoms with Crippen LogP contribution in [-0.4, -0.2) is 34.1 Å². The molecule has 144 valence electrons. The van der Waals surface area contributed by atoms with Gasteiger partial charge in [0.25, 0.3) is 0 Å². The highest BCUT2D eigenvalue weighted by Crippen LogP contribution is 2.16. The zero-order chi connectivity index (χ0) is 19.8. The second kappa shape index (κ2) is 9.31. The Morgan fingerprint density at radius 1 is 0.929 bits per heavy atom. The summed E-state index contributed by atoms with van der Waals surface area (Å²) in [6.07, 6.45) is 1.75. The van der Waals surface area contributed by atoms with E-state index in [9.17, 15) is 4.79 Å². The fourth-order valence-corrected chi connectivity index (χ4v) is 2.52. The molecule has 1 aromatic carbocycles. The smallest absolute Gasteiger partial charge is 0.319 e. The zero-order valence-electron chi connectivity index (χ0n) is 15.9. The largest absolute Gasteiger partial charge is 0.368 e. The Bertz CT molecular complexity index is 931. The number of pyridine rings is 1. The second-order valence-corrected chi connectivity index (χ2v) is 6.20. The Morgan fingerprint density at radius 3 is 2.50 bits per heavy atom. The summed E-state index contributed by atoms with van der Waals surface area (Å²) in [5.74, 6) is 2.69. The first-order valence-corrected chi connectivity index (χ1v) is 8.97. The number of amides is 2. The van der Waals surface area contributed by atoms with E-state index in [4.69, 9.17) is 0 Å². The number of para-hydroxylation sites is 1. The van der Waals surface area contributed by atoms with Crippen LogP contribution in [0.1, 0.15) is 11.4 Å². The lowest BCUT2D eigenvalue weighted by Gasteiger charge is -2.11. The number of hydrogen-bond donors (Lipinski definition) is 4. The van der Waals surface area contributed by atoms with Gasteiger partial charge in [0.2, 0.25) is 0 Å². The summed E-state index contributed by atoms with van der Waals surface area (Å²) < 4.78 is 0. The molecule has 0 fully saturated rings. The van der Waals surface area contributed by atoms with Crippen LogP contribution < -0.4 is 21.3 Å². The van der Waals surface area contributed by atoms with E-state index in [-0.39, 0.29) is 6.03 Å². The van der Waals surface area contributed by atoms with Crippen LogP contribution >= 0.6 is 0 Å². The van der Waals surface area contributed by atoms with Gasteiger partial charge in [-0.15, -0.1) is 0 Å². The molecular formula is C20H23N7O. The van der Waals surface area contributed by atoms with Crippen LogP contribution in [0.4, 0.5) is 27.9 Å². The molecule has 2 aromatic heterocycles. The monoisotopic (exact) mass is 377 g/mol. The molecule has 0 aliphatic heterocycles. The van der Waals surface area contributed by atoms with Crippen LogP contribution in [0.5, 0.6) is 0 Å². The highest BCUT2D eigenvalue weighted by molar-refractivity contribution is 5.89. The van der Waals surface area contributed by atoms with Crippen molar-refractivity contribution in [3.63, 3.8) is 0 Å². The molecule has 8 nitrogen and oxygen atoms in total. The molecule has 0 saturated heterocycles. The van der Waals surface area contributed by atoms with Crippen molar-refractivity contribution in [3.05, 3.63) is 66.1 Å². The second-order valence-electron chi connectivity index (χ2n) is 6.20. The molecule has 0 radical (unpaired) electrons. The number of anilines is 4. The van der Waals surface area contributed by atoms with Gasteiger partial charge >= 0.3 is 6.03 Å². The van der Waals surface area contributed by atoms with Crippen molar-refractivity contribution in [1.29, 1.82) is 0 Å². The van der Waals surface area contributed by atoms with E-state index in [1.807, 2.05) is 56.3 Å². The lowest BCUT2D eigenvalue weighted by Crippen LogP contribution is -2.32. The van der Waals surface area contributed by atoms with E-state index in [0.717, 1.165) is 17.1 Å². The van der Waals surface area contributed by atoms with Crippen molar-refractivity contribution >= 4 is 29.2 Å². The van der Waals surface area contributed by atoms with Gasteiger partial charge in [0.15, 0.2) is 0 Å². The summed E-state index contributed by atoms with van der Waals surface area (Å²) in [7, 11) is 0. The minimum absolute atomic E-state index is 0.250. The Balaban J connectivity index is 1.49. The molecule has 0 aliphatic carbocycles. The topological polar surface area (TPSA) is 104 Å². The quantitative estimate of drug-likeness (QED) is 0.470. The molecule has 0 atom stereocenters. The van der Waals surface area contributed by atoms with Crippen LogP contribution in [0.15, 0.2) is 54.7 Å². The summed E-state index contributed by atoms with van der Waals surface area (Å²) in [4.78, 5) is 24.9. The molecule has 8 heteroatoms. The van der Waals surface area contributed by atoms with Gasteiger partial charge < -0.3 is 21.3 Å². The molecule has 3 rings (SSSR count). The number of aryl methyl sites for hydroxylation is 2. The maximum absolute atomic E-state index is 11.9. The highest BCUT2D eigenvalue weighted by atomic mass is 16.2. The SMILES string of the molecule is Cc1ccnc(Nc2cc(NCCNC(=O)Nc3ccccc3)nc(C)n2)c1. The number of carbonyl (C=O) groups excluding carboxylic acids is 1. The van der Waals surface area contributed by atoms with Crippen molar-refractivity contribution in [2.45, 2.75) is 13.8 Å². The van der Waals surface area contributed by atoms with Crippen LogP contribution in [0.2, 0.25) is 0 Å². The van der Waals surface area contributed by atoms with Gasteiger partial charge in [-0.3, -0.25) is 0 Å². The van der Waals surface area contributed by atoms with Crippen molar-refractivity contribution in [1.82, 2.24) is 20.3 Å². The zero-order valence-corrected chi connectivity index (χ0v) is 15.9. The molecule has 0 aliphatic rings. The Kier molecular flexibility index (Phi) is 6.35. The standard InChI is InChI=1S/C20H23N7O/c1-14-8-9-21-17(12-14)27-19-13-18(24-15(2)25-19)22-10-11-23-20(28)26-16-6-4-3-5-7-16/h3-9,12-13H,10-11H2,1-2H3,(H2,23,26,28)(H2,21,22,24,25,27). The molecule has 0 unspecified atom stereocenters. The summed E-state index contributed by atoms with van der Waals surface area (Å²) in [6.45, 7) is 4.81. The summed E-state index contributed by atoms with van der Waals surface area (Å²) in [5, 5.41) is 11.9. The lowest BCUT2D eigenvalue weighted by atomic mass is 10.3. The number of urea groups is 1. The summed E-state index contributed by atoms with van der Waals surface area (Å²) >= 11 is 0. The lowest BCUT2D eigenvalue weighted by molar-refractivity contribution is 0.252. The Labute approximate surface area is 163 Å². The number of benzene rings is 1. The van der Waals surface area contributed by atoms with E-state index >= 15 is 0 Å². The molecule has 28 heavy (non-hydrogen) atoms. The number of hydrogen-bond acceptors (Lipinski definition) is 6. The molecule has 3 aromatic rings. The third kappa shape index (κ3) is 5.94. The number of aromatic nitrogens is 3. The maximum atomic E-state index is 11.9. The van der Waals surface area contributed by atoms with Gasteiger partial charge in [0.1, 0.15) is 23.3 Å². The molecular weight excluding hydrogens is 354 g/mol. The first-order chi connectivity index (χ1) is 13.6. The van der Waals surface area contributed by atoms with E-state index in [0.29, 0.717) is 30.5 Å². The van der Waals surface area contributed by atoms with Crippen molar-refractivity contribution in [3.8, 4) is 0 Å². The number of carbonyl (C=O) groups is 1. The molecule has 2 amide bonds. The average molecular weight is 377 g/mol. The first-order valence-electron chi connectivity index (χ1n) is 8.97. The van der Waals surface area contributed by atoms with Crippen LogP contribution in [0.25, 0.3) is 0 Å². The molecule has 0 saturated carbocycles. The highest BCUT2D eigenvalue weighted by Gasteiger charge is 2.04. The van der Waals surface area contributed by atoms with E-state index < -0.39 is 0 Å². The van der Waals surface area contributed by atoms with Crippen LogP contribution in [0, 0.1) is 13.8 Å². The number of nitrogens with zero attached hydrogens (tertiary/aromatic N) is 3. The predicted molar refractivity (Wildman–Crippen MR) is 111 cm³/mol. The van der Waals surface area contributed by atoms with E-state index in [1.165, 1.54) is 0 Å². The minimum Gasteiger partial charge on any atom is -0.368 e. The van der Waals surface area contributed by atoms with Crippen molar-refractivity contribution < 1.29 is 4.79 Å². The Hall–Kier alpha value is -3.68. The van der Waals surface area contributed by atoms with Crippen molar-refractivity contribution in [2.24, 2.45) is 0 Å². The summed E-state index contributed by atoms with van der Waals surface area (Å²) in [6, 6.07) is 14.7. The van der Waals surface area contributed by atoms with Gasteiger partial charge in [0, 0.05) is 31.0 Å². The Morgan fingerprint density at radius 2 is 1.71 bits per heavy atom. The van der Waals surface area contributed by atoms with Gasteiger partial charge in [-0.1, -0.05) is 18.2 Å². The molecule has 2 heterocycles. The maximum Gasteiger partial charge on any atom is 0.319 e. The molecule has 0 spiro atoms. The minimum atomic E-state index is -0.250. The average Bonchev–Trinajstić information content (AvgIpc) is 2.66. The van der Waals surface area contributed by atoms with E-state index in [2.05, 4.69) is 36.2 Å². The van der Waals surface area contributed by atoms with Crippen molar-refractivity contribution in [2.75, 3.05) is 29.0 Å². The molecule has 0 bridgehead atoms. The van der Waals surface area contributed by atoms with Gasteiger partial charge in [-0.25, -0.2) is 19.7 Å². The molecule has 4 N–H and O–H groups in total. The van der Waals surface area contributed by atoms with E-state index in [1.54, 1.807) is 12.3 Å². The number of nitrogens with one attached hydrogen (secondary N) is 4. The van der Waals surface area contributed by atoms with Crippen LogP contribution in [-0.2, 0) is 0 Å². The third-order valence-electron chi connectivity index (χ3n) is 3.76. The van der Waals surface area contributed by atoms with Gasteiger partial charge in [-0.05, 0) is 43.7 Å². The van der Waals surface area contributed by atoms with Gasteiger partial charge in [-0.2, -0.15) is 0 Å². The number of rotatable bonds is 7. The third-order valence-corrected chi connectivity index (χ3v) is 3.76.